The van der Waals surface area contributed by atoms with Gasteiger partial charge in [0.15, 0.2) is 0 Å². The van der Waals surface area contributed by atoms with Gasteiger partial charge in [-0.3, -0.25) is 9.69 Å². The smallest absolute Gasteiger partial charge is 0.227 e. The van der Waals surface area contributed by atoms with Gasteiger partial charge >= 0.3 is 0 Å². The summed E-state index contributed by atoms with van der Waals surface area (Å²) in [6.45, 7) is 12.5. The standard InChI is InChI=1S/C14H27N3O/c1-14(2,3)17-9-7-16(8-10-17)13(18)12-5-4-6-15-11-12/h12,15H,4-11H2,1-3H3. The molecule has 0 bridgehead atoms. The minimum absolute atomic E-state index is 0.222. The minimum Gasteiger partial charge on any atom is -0.340 e. The first-order valence-electron chi connectivity index (χ1n) is 7.23. The molecule has 2 aliphatic heterocycles. The molecule has 4 heteroatoms. The third-order valence-electron chi connectivity index (χ3n) is 4.19. The molecule has 0 aromatic carbocycles. The number of carbonyl (C=O) groups excluding carboxylic acids is 1. The number of piperidine rings is 1. The molecule has 0 spiro atoms. The Bertz CT molecular complexity index is 284. The first-order valence-corrected chi connectivity index (χ1v) is 7.23. The molecule has 0 aromatic heterocycles. The number of carbonyl (C=O) groups is 1. The van der Waals surface area contributed by atoms with E-state index in [0.717, 1.165) is 52.1 Å². The van der Waals surface area contributed by atoms with E-state index in [1.165, 1.54) is 0 Å². The summed E-state index contributed by atoms with van der Waals surface area (Å²) in [6, 6.07) is 0. The molecule has 0 saturated carbocycles. The molecular formula is C14H27N3O. The largest absolute Gasteiger partial charge is 0.340 e. The van der Waals surface area contributed by atoms with E-state index >= 15 is 0 Å². The summed E-state index contributed by atoms with van der Waals surface area (Å²) in [6.07, 6.45) is 2.20. The van der Waals surface area contributed by atoms with Crippen molar-refractivity contribution in [2.45, 2.75) is 39.2 Å². The fraction of sp³-hybridized carbons (Fsp3) is 0.929. The Kier molecular flexibility index (Phi) is 4.28. The van der Waals surface area contributed by atoms with Crippen molar-refractivity contribution in [3.63, 3.8) is 0 Å². The number of nitrogens with zero attached hydrogens (tertiary/aromatic N) is 2. The molecule has 4 nitrogen and oxygen atoms in total. The molecule has 1 N–H and O–H groups in total. The monoisotopic (exact) mass is 253 g/mol. The van der Waals surface area contributed by atoms with Crippen molar-refractivity contribution in [2.24, 2.45) is 5.92 Å². The first kappa shape index (κ1) is 13.8. The van der Waals surface area contributed by atoms with Gasteiger partial charge in [-0.2, -0.15) is 0 Å². The van der Waals surface area contributed by atoms with Crippen LogP contribution in [0.3, 0.4) is 0 Å². The molecule has 1 unspecified atom stereocenters. The third kappa shape index (κ3) is 3.23. The molecule has 0 aromatic rings. The maximum atomic E-state index is 12.4. The average Bonchev–Trinajstić information content (AvgIpc) is 2.38. The Hall–Kier alpha value is -0.610. The number of rotatable bonds is 1. The molecule has 1 amide bonds. The molecular weight excluding hydrogens is 226 g/mol. The number of piperazine rings is 1. The molecule has 2 aliphatic rings. The Morgan fingerprint density at radius 3 is 2.33 bits per heavy atom. The van der Waals surface area contributed by atoms with Crippen molar-refractivity contribution in [3.05, 3.63) is 0 Å². The van der Waals surface area contributed by atoms with Gasteiger partial charge in [0.25, 0.3) is 0 Å². The highest BCUT2D eigenvalue weighted by molar-refractivity contribution is 5.79. The second kappa shape index (κ2) is 5.57. The van der Waals surface area contributed by atoms with Crippen LogP contribution in [0.25, 0.3) is 0 Å². The second-order valence-corrected chi connectivity index (χ2v) is 6.53. The van der Waals surface area contributed by atoms with E-state index < -0.39 is 0 Å². The van der Waals surface area contributed by atoms with Gasteiger partial charge in [-0.05, 0) is 40.2 Å². The van der Waals surface area contributed by atoms with E-state index in [1.54, 1.807) is 0 Å². The minimum atomic E-state index is 0.222. The van der Waals surface area contributed by atoms with Gasteiger partial charge in [-0.1, -0.05) is 0 Å². The van der Waals surface area contributed by atoms with Crippen LogP contribution in [0, 0.1) is 5.92 Å². The quantitative estimate of drug-likeness (QED) is 0.755. The Morgan fingerprint density at radius 2 is 1.83 bits per heavy atom. The van der Waals surface area contributed by atoms with Gasteiger partial charge in [0.05, 0.1) is 5.92 Å². The maximum absolute atomic E-state index is 12.4. The Labute approximate surface area is 111 Å². The zero-order valence-corrected chi connectivity index (χ0v) is 12.0. The van der Waals surface area contributed by atoms with Crippen molar-refractivity contribution in [3.8, 4) is 0 Å². The van der Waals surface area contributed by atoms with E-state index in [9.17, 15) is 4.79 Å². The van der Waals surface area contributed by atoms with E-state index in [1.807, 2.05) is 0 Å². The van der Waals surface area contributed by atoms with E-state index in [4.69, 9.17) is 0 Å². The summed E-state index contributed by atoms with van der Waals surface area (Å²) in [7, 11) is 0. The molecule has 0 aliphatic carbocycles. The topological polar surface area (TPSA) is 35.6 Å². The van der Waals surface area contributed by atoms with Crippen molar-refractivity contribution in [1.82, 2.24) is 15.1 Å². The predicted molar refractivity (Wildman–Crippen MR) is 73.5 cm³/mol. The second-order valence-electron chi connectivity index (χ2n) is 6.53. The summed E-state index contributed by atoms with van der Waals surface area (Å²) < 4.78 is 0. The summed E-state index contributed by atoms with van der Waals surface area (Å²) in [5.74, 6) is 0.593. The average molecular weight is 253 g/mol. The van der Waals surface area contributed by atoms with Crippen LogP contribution in [0.15, 0.2) is 0 Å². The Balaban J connectivity index is 1.83. The molecule has 0 radical (unpaired) electrons. The van der Waals surface area contributed by atoms with Crippen molar-refractivity contribution >= 4 is 5.91 Å². The van der Waals surface area contributed by atoms with Gasteiger partial charge in [0, 0.05) is 38.3 Å². The van der Waals surface area contributed by atoms with Gasteiger partial charge < -0.3 is 10.2 Å². The highest BCUT2D eigenvalue weighted by Gasteiger charge is 2.31. The van der Waals surface area contributed by atoms with E-state index in [2.05, 4.69) is 35.9 Å². The van der Waals surface area contributed by atoms with Gasteiger partial charge in [-0.15, -0.1) is 0 Å². The van der Waals surface area contributed by atoms with Gasteiger partial charge in [0.1, 0.15) is 0 Å². The van der Waals surface area contributed by atoms with Crippen molar-refractivity contribution in [1.29, 1.82) is 0 Å². The summed E-state index contributed by atoms with van der Waals surface area (Å²) in [5.41, 5.74) is 0.224. The van der Waals surface area contributed by atoms with Crippen LogP contribution in [0.2, 0.25) is 0 Å². The summed E-state index contributed by atoms with van der Waals surface area (Å²) in [5, 5.41) is 3.33. The van der Waals surface area contributed by atoms with Crippen molar-refractivity contribution in [2.75, 3.05) is 39.3 Å². The van der Waals surface area contributed by atoms with E-state index in [-0.39, 0.29) is 11.5 Å². The van der Waals surface area contributed by atoms with Crippen LogP contribution in [-0.4, -0.2) is 60.5 Å². The lowest BCUT2D eigenvalue weighted by Crippen LogP contribution is -2.56. The molecule has 18 heavy (non-hydrogen) atoms. The molecule has 104 valence electrons. The Morgan fingerprint density at radius 1 is 1.17 bits per heavy atom. The summed E-state index contributed by atoms with van der Waals surface area (Å²) in [4.78, 5) is 16.9. The van der Waals surface area contributed by atoms with Crippen LogP contribution in [0.5, 0.6) is 0 Å². The molecule has 1 atom stereocenters. The van der Waals surface area contributed by atoms with Crippen LogP contribution in [0.4, 0.5) is 0 Å². The first-order chi connectivity index (χ1) is 8.48. The molecule has 2 rings (SSSR count). The highest BCUT2D eigenvalue weighted by Crippen LogP contribution is 2.19. The predicted octanol–water partition coefficient (Wildman–Crippen LogP) is 0.929. The normalized spacial score (nSPS) is 27.3. The zero-order valence-electron chi connectivity index (χ0n) is 12.0. The third-order valence-corrected chi connectivity index (χ3v) is 4.19. The number of amides is 1. The zero-order chi connectivity index (χ0) is 13.2. The lowest BCUT2D eigenvalue weighted by Gasteiger charge is -2.43. The SMILES string of the molecule is CC(C)(C)N1CCN(C(=O)C2CCCNC2)CC1. The highest BCUT2D eigenvalue weighted by atomic mass is 16.2. The maximum Gasteiger partial charge on any atom is 0.227 e. The molecule has 2 saturated heterocycles. The number of hydrogen-bond acceptors (Lipinski definition) is 3. The van der Waals surface area contributed by atoms with E-state index in [0.29, 0.717) is 5.91 Å². The van der Waals surface area contributed by atoms with Crippen LogP contribution >= 0.6 is 0 Å². The summed E-state index contributed by atoms with van der Waals surface area (Å²) >= 11 is 0. The van der Waals surface area contributed by atoms with Gasteiger partial charge in [0.2, 0.25) is 5.91 Å². The van der Waals surface area contributed by atoms with Crippen molar-refractivity contribution < 1.29 is 4.79 Å². The van der Waals surface area contributed by atoms with Crippen LogP contribution in [-0.2, 0) is 4.79 Å². The number of hydrogen-bond donors (Lipinski definition) is 1. The fourth-order valence-electron chi connectivity index (χ4n) is 2.92. The number of nitrogens with one attached hydrogen (secondary N) is 1. The molecule has 2 heterocycles. The van der Waals surface area contributed by atoms with Gasteiger partial charge in [-0.25, -0.2) is 0 Å². The lowest BCUT2D eigenvalue weighted by molar-refractivity contribution is -0.138. The fourth-order valence-corrected chi connectivity index (χ4v) is 2.92. The lowest BCUT2D eigenvalue weighted by atomic mass is 9.97. The van der Waals surface area contributed by atoms with Crippen LogP contribution in [0.1, 0.15) is 33.6 Å². The molecule has 2 fully saturated rings. The van der Waals surface area contributed by atoms with Crippen LogP contribution < -0.4 is 5.32 Å².